The first-order valence-electron chi connectivity index (χ1n) is 11.7. The number of amides is 1. The number of carbonyl (C=O) groups excluding carboxylic acids is 1. The number of hydrogen-bond acceptors (Lipinski definition) is 7. The van der Waals surface area contributed by atoms with Gasteiger partial charge in [-0.2, -0.15) is 0 Å². The van der Waals surface area contributed by atoms with Gasteiger partial charge in [0.15, 0.2) is 0 Å². The molecule has 3 heterocycles. The first-order chi connectivity index (χ1) is 17.6. The number of alkyl halides is 1. The number of hydrogen-bond donors (Lipinski definition) is 3. The van der Waals surface area contributed by atoms with E-state index in [9.17, 15) is 9.18 Å². The summed E-state index contributed by atoms with van der Waals surface area (Å²) in [4.78, 5) is 27.3. The fourth-order valence-corrected chi connectivity index (χ4v) is 4.16. The Morgan fingerprint density at radius 3 is 2.67 bits per heavy atom. The number of anilines is 4. The van der Waals surface area contributed by atoms with Crippen LogP contribution >= 0.6 is 0 Å². The van der Waals surface area contributed by atoms with Gasteiger partial charge in [0.2, 0.25) is 11.9 Å². The minimum Gasteiger partial charge on any atom is -0.380 e. The zero-order valence-electron chi connectivity index (χ0n) is 19.6. The molecule has 3 N–H and O–H groups in total. The van der Waals surface area contributed by atoms with Gasteiger partial charge in [-0.1, -0.05) is 18.7 Å². The maximum absolute atomic E-state index is 12.4. The average molecular weight is 484 g/mol. The minimum atomic E-state index is -0.303. The largest absolute Gasteiger partial charge is 0.380 e. The molecule has 1 fully saturated rings. The lowest BCUT2D eigenvalue weighted by Gasteiger charge is -2.39. The van der Waals surface area contributed by atoms with E-state index in [0.717, 1.165) is 46.5 Å². The van der Waals surface area contributed by atoms with Crippen LogP contribution in [0.3, 0.4) is 0 Å². The molecule has 0 bridgehead atoms. The predicted octanol–water partition coefficient (Wildman–Crippen LogP) is 4.63. The van der Waals surface area contributed by atoms with E-state index >= 15 is 0 Å². The molecule has 5 rings (SSSR count). The van der Waals surface area contributed by atoms with Crippen LogP contribution in [0.5, 0.6) is 0 Å². The third-order valence-electron chi connectivity index (χ3n) is 5.99. The molecule has 8 nitrogen and oxygen atoms in total. The lowest BCUT2D eigenvalue weighted by molar-refractivity contribution is -0.111. The fraction of sp³-hybridized carbons (Fsp3) is 0.185. The molecule has 2 aromatic carbocycles. The van der Waals surface area contributed by atoms with Crippen molar-refractivity contribution < 1.29 is 9.18 Å². The summed E-state index contributed by atoms with van der Waals surface area (Å²) in [5.74, 6) is 0.192. The molecule has 0 unspecified atom stereocenters. The first kappa shape index (κ1) is 23.4. The fourth-order valence-electron chi connectivity index (χ4n) is 4.16. The van der Waals surface area contributed by atoms with Crippen molar-refractivity contribution in [2.45, 2.75) is 6.04 Å². The third-order valence-corrected chi connectivity index (χ3v) is 5.99. The second-order valence-electron chi connectivity index (χ2n) is 8.58. The summed E-state index contributed by atoms with van der Waals surface area (Å²) in [5, 5.41) is 10.3. The third kappa shape index (κ3) is 5.31. The molecule has 0 atom stereocenters. The Balaban J connectivity index is 1.32. The molecule has 0 aliphatic carbocycles. The van der Waals surface area contributed by atoms with Crippen molar-refractivity contribution in [2.75, 3.05) is 42.3 Å². The van der Waals surface area contributed by atoms with Gasteiger partial charge >= 0.3 is 0 Å². The normalized spacial score (nSPS) is 13.7. The number of aromatic nitrogens is 3. The van der Waals surface area contributed by atoms with Crippen molar-refractivity contribution in [1.82, 2.24) is 19.9 Å². The summed E-state index contributed by atoms with van der Waals surface area (Å²) in [7, 11) is 0. The van der Waals surface area contributed by atoms with Crippen LogP contribution in [-0.2, 0) is 4.79 Å². The highest BCUT2D eigenvalue weighted by molar-refractivity contribution is 6.00. The Kier molecular flexibility index (Phi) is 6.81. The van der Waals surface area contributed by atoms with E-state index in [2.05, 4.69) is 37.4 Å². The van der Waals surface area contributed by atoms with E-state index in [4.69, 9.17) is 4.98 Å². The maximum atomic E-state index is 12.4. The molecule has 0 saturated carbocycles. The second-order valence-corrected chi connectivity index (χ2v) is 8.58. The van der Waals surface area contributed by atoms with Gasteiger partial charge in [-0.15, -0.1) is 0 Å². The predicted molar refractivity (Wildman–Crippen MR) is 141 cm³/mol. The van der Waals surface area contributed by atoms with E-state index in [1.54, 1.807) is 18.6 Å². The number of fused-ring (bicyclic) bond motifs is 1. The zero-order valence-corrected chi connectivity index (χ0v) is 19.6. The standard InChI is InChI=1S/C27H26FN7O/c1-2-25(36)32-22-5-3-4-18(12-22)24-15-29-13-19-14-30-27(34-26(19)24)33-21-8-6-20(7-9-21)31-23-16-35(17-23)11-10-28/h2-9,12-15,23,31H,1,10-11,16-17H2,(H,32,36)(H,30,33,34). The molecule has 1 amide bonds. The number of halogens is 1. The van der Waals surface area contributed by atoms with Gasteiger partial charge in [0, 0.05) is 66.2 Å². The van der Waals surface area contributed by atoms with E-state index in [1.165, 1.54) is 6.08 Å². The summed E-state index contributed by atoms with van der Waals surface area (Å²) in [6.45, 7) is 5.40. The molecular weight excluding hydrogens is 457 g/mol. The first-order valence-corrected chi connectivity index (χ1v) is 11.7. The smallest absolute Gasteiger partial charge is 0.247 e. The van der Waals surface area contributed by atoms with Crippen LogP contribution in [0.25, 0.3) is 22.0 Å². The van der Waals surface area contributed by atoms with Crippen LogP contribution in [0.2, 0.25) is 0 Å². The van der Waals surface area contributed by atoms with Gasteiger partial charge in [0.05, 0.1) is 11.6 Å². The summed E-state index contributed by atoms with van der Waals surface area (Å²) < 4.78 is 12.4. The molecule has 4 aromatic rings. The van der Waals surface area contributed by atoms with Crippen LogP contribution in [0, 0.1) is 0 Å². The van der Waals surface area contributed by atoms with Crippen molar-refractivity contribution >= 4 is 39.8 Å². The highest BCUT2D eigenvalue weighted by atomic mass is 19.1. The quantitative estimate of drug-likeness (QED) is 0.299. The van der Waals surface area contributed by atoms with Crippen molar-refractivity contribution in [2.24, 2.45) is 0 Å². The van der Waals surface area contributed by atoms with Gasteiger partial charge in [-0.3, -0.25) is 14.7 Å². The number of pyridine rings is 1. The van der Waals surface area contributed by atoms with Crippen molar-refractivity contribution in [3.63, 3.8) is 0 Å². The molecule has 2 aromatic heterocycles. The Labute approximate surface area is 208 Å². The molecule has 36 heavy (non-hydrogen) atoms. The van der Waals surface area contributed by atoms with E-state index in [1.807, 2.05) is 48.5 Å². The molecular formula is C27H26FN7O. The lowest BCUT2D eigenvalue weighted by atomic mass is 10.0. The summed E-state index contributed by atoms with van der Waals surface area (Å²) >= 11 is 0. The monoisotopic (exact) mass is 483 g/mol. The molecule has 1 saturated heterocycles. The Morgan fingerprint density at radius 2 is 1.89 bits per heavy atom. The Morgan fingerprint density at radius 1 is 1.08 bits per heavy atom. The van der Waals surface area contributed by atoms with Gasteiger partial charge in [0.1, 0.15) is 6.67 Å². The average Bonchev–Trinajstić information content (AvgIpc) is 2.88. The van der Waals surface area contributed by atoms with E-state index in [-0.39, 0.29) is 12.6 Å². The van der Waals surface area contributed by atoms with Gasteiger partial charge in [-0.25, -0.2) is 14.4 Å². The van der Waals surface area contributed by atoms with Gasteiger partial charge in [-0.05, 0) is 48.0 Å². The molecule has 0 spiro atoms. The second kappa shape index (κ2) is 10.5. The highest BCUT2D eigenvalue weighted by Crippen LogP contribution is 2.29. The lowest BCUT2D eigenvalue weighted by Crippen LogP contribution is -2.55. The highest BCUT2D eigenvalue weighted by Gasteiger charge is 2.25. The molecule has 182 valence electrons. The number of nitrogens with one attached hydrogen (secondary N) is 3. The number of carbonyl (C=O) groups is 1. The van der Waals surface area contributed by atoms with Gasteiger partial charge in [0.25, 0.3) is 0 Å². The maximum Gasteiger partial charge on any atom is 0.247 e. The molecule has 0 radical (unpaired) electrons. The number of likely N-dealkylation sites (tertiary alicyclic amines) is 1. The summed E-state index contributed by atoms with van der Waals surface area (Å²) in [5.41, 5.74) is 4.98. The SMILES string of the molecule is C=CC(=O)Nc1cccc(-c2cncc3cnc(Nc4ccc(NC5CN(CCF)C5)cc4)nc23)c1. The summed E-state index contributed by atoms with van der Waals surface area (Å²) in [6.07, 6.45) is 6.45. The van der Waals surface area contributed by atoms with Crippen LogP contribution in [-0.4, -0.2) is 58.1 Å². The van der Waals surface area contributed by atoms with Gasteiger partial charge < -0.3 is 16.0 Å². The Hall–Kier alpha value is -4.37. The number of rotatable bonds is 9. The molecule has 9 heteroatoms. The number of nitrogens with zero attached hydrogens (tertiary/aromatic N) is 4. The van der Waals surface area contributed by atoms with Crippen LogP contribution in [0.1, 0.15) is 0 Å². The van der Waals surface area contributed by atoms with Crippen LogP contribution in [0.4, 0.5) is 27.4 Å². The topological polar surface area (TPSA) is 95.1 Å². The van der Waals surface area contributed by atoms with E-state index in [0.29, 0.717) is 24.2 Å². The summed E-state index contributed by atoms with van der Waals surface area (Å²) in [6, 6.07) is 15.8. The van der Waals surface area contributed by atoms with Crippen molar-refractivity contribution in [1.29, 1.82) is 0 Å². The van der Waals surface area contributed by atoms with Crippen LogP contribution < -0.4 is 16.0 Å². The van der Waals surface area contributed by atoms with Crippen LogP contribution in [0.15, 0.2) is 79.8 Å². The zero-order chi connectivity index (χ0) is 24.9. The Bertz CT molecular complexity index is 1390. The van der Waals surface area contributed by atoms with E-state index < -0.39 is 0 Å². The van der Waals surface area contributed by atoms with Crippen molar-refractivity contribution in [3.8, 4) is 11.1 Å². The molecule has 1 aliphatic heterocycles. The van der Waals surface area contributed by atoms with Crippen molar-refractivity contribution in [3.05, 3.63) is 79.8 Å². The molecule has 1 aliphatic rings. The number of benzene rings is 2. The minimum absolute atomic E-state index is 0.273.